The minimum atomic E-state index is -0.292. The van der Waals surface area contributed by atoms with Gasteiger partial charge < -0.3 is 5.32 Å². The van der Waals surface area contributed by atoms with Crippen LogP contribution in [0.15, 0.2) is 34.8 Å². The molecule has 0 spiro atoms. The summed E-state index contributed by atoms with van der Waals surface area (Å²) in [4.78, 5) is 12.0. The van der Waals surface area contributed by atoms with E-state index in [1.165, 1.54) is 11.6 Å². The Balaban J connectivity index is 2.14. The van der Waals surface area contributed by atoms with E-state index in [-0.39, 0.29) is 17.6 Å². The van der Waals surface area contributed by atoms with Gasteiger partial charge in [-0.25, -0.2) is 4.39 Å². The van der Waals surface area contributed by atoms with E-state index in [0.717, 1.165) is 22.4 Å². The lowest BCUT2D eigenvalue weighted by Gasteiger charge is -2.27. The highest BCUT2D eigenvalue weighted by molar-refractivity contribution is 9.10. The molecule has 1 atom stereocenters. The van der Waals surface area contributed by atoms with Crippen LogP contribution in [0.4, 0.5) is 10.1 Å². The molecule has 1 aliphatic rings. The van der Waals surface area contributed by atoms with Crippen LogP contribution in [-0.4, -0.2) is 5.91 Å². The fourth-order valence-corrected chi connectivity index (χ4v) is 3.15. The number of hydrogen-bond acceptors (Lipinski definition) is 1. The highest BCUT2D eigenvalue weighted by atomic mass is 79.9. The van der Waals surface area contributed by atoms with Crippen molar-refractivity contribution in [3.8, 4) is 0 Å². The molecule has 0 bridgehead atoms. The van der Waals surface area contributed by atoms with Crippen molar-refractivity contribution in [1.29, 1.82) is 0 Å². The number of carbonyl (C=O) groups is 1. The van der Waals surface area contributed by atoms with E-state index in [4.69, 9.17) is 0 Å². The predicted octanol–water partition coefficient (Wildman–Crippen LogP) is 4.68. The fraction of sp³-hybridized carbons (Fsp3) is 0.235. The summed E-state index contributed by atoms with van der Waals surface area (Å²) < 4.78 is 13.9. The molecule has 4 heteroatoms. The van der Waals surface area contributed by atoms with Crippen LogP contribution in [0.25, 0.3) is 0 Å². The number of rotatable bonds is 1. The van der Waals surface area contributed by atoms with Crippen LogP contribution >= 0.6 is 15.9 Å². The molecule has 0 aliphatic carbocycles. The molecule has 0 saturated heterocycles. The van der Waals surface area contributed by atoms with Crippen molar-refractivity contribution in [3.05, 3.63) is 62.9 Å². The Morgan fingerprint density at radius 1 is 1.19 bits per heavy atom. The molecule has 21 heavy (non-hydrogen) atoms. The van der Waals surface area contributed by atoms with Gasteiger partial charge in [0.1, 0.15) is 5.82 Å². The first-order chi connectivity index (χ1) is 9.95. The Hall–Kier alpha value is -1.68. The van der Waals surface area contributed by atoms with E-state index < -0.39 is 0 Å². The van der Waals surface area contributed by atoms with Crippen molar-refractivity contribution in [2.75, 3.05) is 5.32 Å². The van der Waals surface area contributed by atoms with Gasteiger partial charge >= 0.3 is 0 Å². The number of benzene rings is 2. The molecule has 1 aliphatic heterocycles. The highest BCUT2D eigenvalue weighted by Gasteiger charge is 2.27. The lowest BCUT2D eigenvalue weighted by molar-refractivity contribution is -0.116. The molecule has 1 unspecified atom stereocenters. The molecule has 108 valence electrons. The zero-order valence-electron chi connectivity index (χ0n) is 11.8. The number of fused-ring (bicyclic) bond motifs is 1. The summed E-state index contributed by atoms with van der Waals surface area (Å²) in [5.41, 5.74) is 5.24. The molecular weight excluding hydrogens is 333 g/mol. The number of amides is 1. The largest absolute Gasteiger partial charge is 0.326 e. The third kappa shape index (κ3) is 2.60. The quantitative estimate of drug-likeness (QED) is 0.797. The van der Waals surface area contributed by atoms with E-state index in [1.807, 2.05) is 13.0 Å². The predicted molar refractivity (Wildman–Crippen MR) is 85.1 cm³/mol. The zero-order chi connectivity index (χ0) is 15.1. The summed E-state index contributed by atoms with van der Waals surface area (Å²) in [5.74, 6) is -0.333. The first-order valence-corrected chi connectivity index (χ1v) is 7.61. The van der Waals surface area contributed by atoms with Crippen molar-refractivity contribution in [2.24, 2.45) is 0 Å². The second-order valence-electron chi connectivity index (χ2n) is 5.50. The van der Waals surface area contributed by atoms with Gasteiger partial charge in [0.2, 0.25) is 5.91 Å². The molecule has 1 heterocycles. The Labute approximate surface area is 131 Å². The van der Waals surface area contributed by atoms with Gasteiger partial charge in [-0.2, -0.15) is 0 Å². The molecule has 0 fully saturated rings. The minimum Gasteiger partial charge on any atom is -0.326 e. The van der Waals surface area contributed by atoms with Gasteiger partial charge in [-0.05, 0) is 70.2 Å². The lowest BCUT2D eigenvalue weighted by atomic mass is 9.83. The van der Waals surface area contributed by atoms with E-state index in [0.29, 0.717) is 10.9 Å². The number of hydrogen-bond donors (Lipinski definition) is 1. The maximum absolute atomic E-state index is 13.4. The third-order valence-corrected chi connectivity index (χ3v) is 4.66. The van der Waals surface area contributed by atoms with Gasteiger partial charge in [-0.3, -0.25) is 4.79 Å². The summed E-state index contributed by atoms with van der Waals surface area (Å²) in [5, 5.41) is 2.93. The molecule has 0 aromatic heterocycles. The Morgan fingerprint density at radius 2 is 1.90 bits per heavy atom. The maximum atomic E-state index is 13.4. The normalized spacial score (nSPS) is 17.3. The van der Waals surface area contributed by atoms with Crippen molar-refractivity contribution in [2.45, 2.75) is 26.2 Å². The lowest BCUT2D eigenvalue weighted by Crippen LogP contribution is -2.23. The van der Waals surface area contributed by atoms with Crippen molar-refractivity contribution >= 4 is 27.5 Å². The van der Waals surface area contributed by atoms with E-state index >= 15 is 0 Å². The molecule has 0 radical (unpaired) electrons. The first kappa shape index (κ1) is 14.3. The standard InChI is InChI=1S/C17H15BrFNO/c1-9-5-13-12(11-3-4-15(19)14(18)7-11)8-17(21)20-16(13)6-10(9)2/h3-7,12H,8H2,1-2H3,(H,20,21). The summed E-state index contributed by atoms with van der Waals surface area (Å²) in [6, 6.07) is 9.08. The summed E-state index contributed by atoms with van der Waals surface area (Å²) in [7, 11) is 0. The number of nitrogens with one attached hydrogen (secondary N) is 1. The minimum absolute atomic E-state index is 0.00352. The van der Waals surface area contributed by atoms with Gasteiger partial charge in [0.15, 0.2) is 0 Å². The summed E-state index contributed by atoms with van der Waals surface area (Å²) >= 11 is 3.22. The molecule has 3 rings (SSSR count). The van der Waals surface area contributed by atoms with Crippen LogP contribution in [-0.2, 0) is 4.79 Å². The summed E-state index contributed by atoms with van der Waals surface area (Å²) in [6.45, 7) is 4.09. The average Bonchev–Trinajstić information content (AvgIpc) is 2.43. The van der Waals surface area contributed by atoms with Gasteiger partial charge in [0.05, 0.1) is 4.47 Å². The molecular formula is C17H15BrFNO. The zero-order valence-corrected chi connectivity index (χ0v) is 13.4. The highest BCUT2D eigenvalue weighted by Crippen LogP contribution is 2.39. The van der Waals surface area contributed by atoms with E-state index in [1.54, 1.807) is 12.1 Å². The Bertz CT molecular complexity index is 742. The molecule has 0 saturated carbocycles. The Kier molecular flexibility index (Phi) is 3.57. The molecule has 1 N–H and O–H groups in total. The van der Waals surface area contributed by atoms with Crippen LogP contribution in [0.5, 0.6) is 0 Å². The maximum Gasteiger partial charge on any atom is 0.225 e. The summed E-state index contributed by atoms with van der Waals surface area (Å²) in [6.07, 6.45) is 0.383. The van der Waals surface area contributed by atoms with Crippen LogP contribution < -0.4 is 5.32 Å². The number of anilines is 1. The second kappa shape index (κ2) is 5.26. The number of carbonyl (C=O) groups excluding carboxylic acids is 1. The average molecular weight is 348 g/mol. The first-order valence-electron chi connectivity index (χ1n) is 6.81. The Morgan fingerprint density at radius 3 is 2.62 bits per heavy atom. The number of halogens is 2. The molecule has 1 amide bonds. The fourth-order valence-electron chi connectivity index (χ4n) is 2.76. The van der Waals surface area contributed by atoms with E-state index in [9.17, 15) is 9.18 Å². The van der Waals surface area contributed by atoms with Crippen molar-refractivity contribution < 1.29 is 9.18 Å². The van der Waals surface area contributed by atoms with Crippen LogP contribution in [0.1, 0.15) is 34.6 Å². The second-order valence-corrected chi connectivity index (χ2v) is 6.36. The third-order valence-electron chi connectivity index (χ3n) is 4.05. The van der Waals surface area contributed by atoms with Crippen molar-refractivity contribution in [1.82, 2.24) is 0 Å². The van der Waals surface area contributed by atoms with Gasteiger partial charge in [0.25, 0.3) is 0 Å². The molecule has 2 aromatic rings. The van der Waals surface area contributed by atoms with E-state index in [2.05, 4.69) is 34.2 Å². The van der Waals surface area contributed by atoms with Gasteiger partial charge in [-0.1, -0.05) is 12.1 Å². The van der Waals surface area contributed by atoms with Crippen LogP contribution in [0.2, 0.25) is 0 Å². The SMILES string of the molecule is Cc1cc2c(cc1C)C(c1ccc(F)c(Br)c1)CC(=O)N2. The van der Waals surface area contributed by atoms with Crippen LogP contribution in [0.3, 0.4) is 0 Å². The van der Waals surface area contributed by atoms with Gasteiger partial charge in [0, 0.05) is 18.0 Å². The van der Waals surface area contributed by atoms with Crippen molar-refractivity contribution in [3.63, 3.8) is 0 Å². The van der Waals surface area contributed by atoms with Crippen LogP contribution in [0, 0.1) is 19.7 Å². The topological polar surface area (TPSA) is 29.1 Å². The molecule has 2 aromatic carbocycles. The number of aryl methyl sites for hydroxylation is 2. The molecule has 2 nitrogen and oxygen atoms in total. The smallest absolute Gasteiger partial charge is 0.225 e. The van der Waals surface area contributed by atoms with Gasteiger partial charge in [-0.15, -0.1) is 0 Å². The monoisotopic (exact) mass is 347 g/mol.